The first-order valence-electron chi connectivity index (χ1n) is 5.13. The lowest BCUT2D eigenvalue weighted by Crippen LogP contribution is -2.45. The molecule has 0 unspecified atom stereocenters. The number of halogens is 7. The van der Waals surface area contributed by atoms with Crippen molar-refractivity contribution < 1.29 is 31.1 Å². The van der Waals surface area contributed by atoms with Gasteiger partial charge in [0.05, 0.1) is 0 Å². The van der Waals surface area contributed by atoms with E-state index in [1.165, 1.54) is 25.1 Å². The summed E-state index contributed by atoms with van der Waals surface area (Å²) in [5.41, 5.74) is 0.280. The van der Waals surface area contributed by atoms with Crippen molar-refractivity contribution in [1.29, 1.82) is 0 Å². The van der Waals surface area contributed by atoms with E-state index < -0.39 is 24.2 Å². The standard InChI is InChI=1S/C11H8F6INO/c1-5-4-6(18)2-3-7(5)19-9(20)8(10(12,13)14)11(15,16)17/h2-4,8H,1H3,(H,19,20). The summed E-state index contributed by atoms with van der Waals surface area (Å²) >= 11 is 1.92. The van der Waals surface area contributed by atoms with Gasteiger partial charge in [-0.25, -0.2) is 0 Å². The van der Waals surface area contributed by atoms with Crippen LogP contribution in [0.3, 0.4) is 0 Å². The summed E-state index contributed by atoms with van der Waals surface area (Å²) in [6.07, 6.45) is -11.4. The molecule has 0 radical (unpaired) electrons. The second kappa shape index (κ2) is 5.78. The lowest BCUT2D eigenvalue weighted by molar-refractivity contribution is -0.272. The Morgan fingerprint density at radius 2 is 1.65 bits per heavy atom. The zero-order valence-corrected chi connectivity index (χ0v) is 12.0. The number of rotatable bonds is 2. The number of hydrogen-bond acceptors (Lipinski definition) is 1. The van der Waals surface area contributed by atoms with Crippen LogP contribution in [0.15, 0.2) is 18.2 Å². The van der Waals surface area contributed by atoms with Crippen LogP contribution < -0.4 is 5.32 Å². The van der Waals surface area contributed by atoms with Gasteiger partial charge in [0, 0.05) is 9.26 Å². The summed E-state index contributed by atoms with van der Waals surface area (Å²) in [4.78, 5) is 11.3. The minimum atomic E-state index is -5.69. The maximum absolute atomic E-state index is 12.4. The van der Waals surface area contributed by atoms with Crippen molar-refractivity contribution in [3.05, 3.63) is 27.3 Å². The molecule has 0 bridgehead atoms. The highest BCUT2D eigenvalue weighted by atomic mass is 127. The first-order valence-corrected chi connectivity index (χ1v) is 6.21. The Labute approximate surface area is 123 Å². The van der Waals surface area contributed by atoms with E-state index in [0.717, 1.165) is 3.57 Å². The Bertz CT molecular complexity index is 497. The Morgan fingerprint density at radius 1 is 1.15 bits per heavy atom. The number of hydrogen-bond donors (Lipinski definition) is 1. The third kappa shape index (κ3) is 4.25. The molecule has 0 fully saturated rings. The molecule has 0 atom stereocenters. The number of nitrogens with one attached hydrogen (secondary N) is 1. The van der Waals surface area contributed by atoms with Crippen molar-refractivity contribution in [2.45, 2.75) is 19.3 Å². The van der Waals surface area contributed by atoms with Crippen LogP contribution in [0.2, 0.25) is 0 Å². The molecule has 1 rings (SSSR count). The Hall–Kier alpha value is -1.00. The van der Waals surface area contributed by atoms with Gasteiger partial charge in [0.2, 0.25) is 11.8 Å². The fourth-order valence-electron chi connectivity index (χ4n) is 1.46. The molecular weight excluding hydrogens is 403 g/mol. The average molecular weight is 411 g/mol. The smallest absolute Gasteiger partial charge is 0.325 e. The van der Waals surface area contributed by atoms with Crippen molar-refractivity contribution in [1.82, 2.24) is 0 Å². The molecule has 0 spiro atoms. The molecular formula is C11H8F6INO. The zero-order valence-electron chi connectivity index (χ0n) is 9.86. The lowest BCUT2D eigenvalue weighted by atomic mass is 10.1. The van der Waals surface area contributed by atoms with Crippen LogP contribution in [0, 0.1) is 16.4 Å². The first kappa shape index (κ1) is 17.1. The molecule has 2 nitrogen and oxygen atoms in total. The fraction of sp³-hybridized carbons (Fsp3) is 0.364. The number of benzene rings is 1. The predicted molar refractivity (Wildman–Crippen MR) is 68.1 cm³/mol. The number of alkyl halides is 6. The van der Waals surface area contributed by atoms with Crippen LogP contribution in [0.4, 0.5) is 32.0 Å². The summed E-state index contributed by atoms with van der Waals surface area (Å²) < 4.78 is 74.8. The van der Waals surface area contributed by atoms with Crippen molar-refractivity contribution in [3.63, 3.8) is 0 Å². The molecule has 0 saturated carbocycles. The molecule has 112 valence electrons. The highest BCUT2D eigenvalue weighted by Crippen LogP contribution is 2.40. The first-order chi connectivity index (χ1) is 8.93. The van der Waals surface area contributed by atoms with E-state index in [1.54, 1.807) is 5.32 Å². The largest absolute Gasteiger partial charge is 0.409 e. The van der Waals surface area contributed by atoms with Crippen molar-refractivity contribution >= 4 is 34.2 Å². The lowest BCUT2D eigenvalue weighted by Gasteiger charge is -2.22. The van der Waals surface area contributed by atoms with Gasteiger partial charge in [0.15, 0.2) is 0 Å². The van der Waals surface area contributed by atoms with E-state index in [4.69, 9.17) is 0 Å². The van der Waals surface area contributed by atoms with Crippen LogP contribution in [0.25, 0.3) is 0 Å². The van der Waals surface area contributed by atoms with Crippen LogP contribution in [-0.4, -0.2) is 18.3 Å². The summed E-state index contributed by atoms with van der Waals surface area (Å²) in [5.74, 6) is -6.19. The Balaban J connectivity index is 3.04. The minimum absolute atomic E-state index is 0.0890. The Kier molecular flexibility index (Phi) is 4.93. The Morgan fingerprint density at radius 3 is 2.05 bits per heavy atom. The molecule has 0 aromatic heterocycles. The highest BCUT2D eigenvalue weighted by molar-refractivity contribution is 14.1. The maximum Gasteiger partial charge on any atom is 0.409 e. The average Bonchev–Trinajstić information content (AvgIpc) is 2.17. The summed E-state index contributed by atoms with van der Waals surface area (Å²) in [6.45, 7) is 1.47. The second-order valence-electron chi connectivity index (χ2n) is 3.96. The number of carbonyl (C=O) groups is 1. The van der Waals surface area contributed by atoms with E-state index in [0.29, 0.717) is 5.56 Å². The van der Waals surface area contributed by atoms with Gasteiger partial charge in [-0.1, -0.05) is 0 Å². The molecule has 1 aromatic carbocycles. The van der Waals surface area contributed by atoms with E-state index in [1.807, 2.05) is 22.6 Å². The molecule has 0 aliphatic carbocycles. The second-order valence-corrected chi connectivity index (χ2v) is 5.21. The summed E-state index contributed by atoms with van der Waals surface area (Å²) in [7, 11) is 0. The van der Waals surface area contributed by atoms with Crippen molar-refractivity contribution in [3.8, 4) is 0 Å². The third-order valence-corrected chi connectivity index (χ3v) is 3.03. The van der Waals surface area contributed by atoms with Crippen molar-refractivity contribution in [2.75, 3.05) is 5.32 Å². The SMILES string of the molecule is Cc1cc(I)ccc1NC(=O)C(C(F)(F)F)C(F)(F)F. The van der Waals surface area contributed by atoms with Gasteiger partial charge in [0.1, 0.15) is 0 Å². The van der Waals surface area contributed by atoms with Crippen LogP contribution in [0.1, 0.15) is 5.56 Å². The van der Waals surface area contributed by atoms with E-state index in [-0.39, 0.29) is 5.69 Å². The van der Waals surface area contributed by atoms with Gasteiger partial charge in [-0.3, -0.25) is 4.79 Å². The number of anilines is 1. The van der Waals surface area contributed by atoms with Gasteiger partial charge in [-0.05, 0) is 53.3 Å². The summed E-state index contributed by atoms with van der Waals surface area (Å²) in [5, 5.41) is 1.67. The molecule has 0 heterocycles. The minimum Gasteiger partial charge on any atom is -0.325 e. The number of aryl methyl sites for hydroxylation is 1. The van der Waals surface area contributed by atoms with Crippen LogP contribution in [0.5, 0.6) is 0 Å². The van der Waals surface area contributed by atoms with Crippen LogP contribution >= 0.6 is 22.6 Å². The van der Waals surface area contributed by atoms with Gasteiger partial charge in [-0.15, -0.1) is 0 Å². The van der Waals surface area contributed by atoms with E-state index in [9.17, 15) is 31.1 Å². The summed E-state index contributed by atoms with van der Waals surface area (Å²) in [6, 6.07) is 4.23. The van der Waals surface area contributed by atoms with Crippen molar-refractivity contribution in [2.24, 2.45) is 5.92 Å². The molecule has 0 saturated heterocycles. The van der Waals surface area contributed by atoms with Crippen LogP contribution in [-0.2, 0) is 4.79 Å². The molecule has 1 N–H and O–H groups in total. The molecule has 20 heavy (non-hydrogen) atoms. The van der Waals surface area contributed by atoms with E-state index >= 15 is 0 Å². The highest BCUT2D eigenvalue weighted by Gasteiger charge is 2.61. The number of carbonyl (C=O) groups excluding carboxylic acids is 1. The maximum atomic E-state index is 12.4. The molecule has 1 amide bonds. The number of amides is 1. The van der Waals surface area contributed by atoms with Gasteiger partial charge < -0.3 is 5.32 Å². The molecule has 0 aliphatic rings. The predicted octanol–water partition coefficient (Wildman–Crippen LogP) is 4.28. The third-order valence-electron chi connectivity index (χ3n) is 2.36. The fourth-order valence-corrected chi connectivity index (χ4v) is 2.10. The molecule has 0 aliphatic heterocycles. The monoisotopic (exact) mass is 411 g/mol. The zero-order chi connectivity index (χ0) is 15.7. The molecule has 1 aromatic rings. The van der Waals surface area contributed by atoms with Gasteiger partial charge in [0.25, 0.3) is 0 Å². The van der Waals surface area contributed by atoms with Gasteiger partial charge >= 0.3 is 12.4 Å². The normalized spacial score (nSPS) is 12.7. The molecule has 9 heteroatoms. The topological polar surface area (TPSA) is 29.1 Å². The van der Waals surface area contributed by atoms with Gasteiger partial charge in [-0.2, -0.15) is 26.3 Å². The van der Waals surface area contributed by atoms with E-state index in [2.05, 4.69) is 0 Å². The quantitative estimate of drug-likeness (QED) is 0.572.